The van der Waals surface area contributed by atoms with Crippen LogP contribution in [0.25, 0.3) is 0 Å². The lowest BCUT2D eigenvalue weighted by molar-refractivity contribution is -0.134. The van der Waals surface area contributed by atoms with Crippen LogP contribution in [0.3, 0.4) is 0 Å². The first-order valence-electron chi connectivity index (χ1n) is 4.76. The molecule has 4 heteroatoms. The maximum Gasteiger partial charge on any atom is 0.322 e. The van der Waals surface area contributed by atoms with E-state index in [2.05, 4.69) is 35.1 Å². The standard InChI is InChI=1S/C11H14BrNO2/c1-7(2)9-5-8(12)3-4-10(9)13-6-11(14)15/h3-5,7,13H,6H2,1-2H3,(H,14,15). The van der Waals surface area contributed by atoms with Crippen molar-refractivity contribution in [2.75, 3.05) is 11.9 Å². The maximum atomic E-state index is 10.4. The Hall–Kier alpha value is -1.03. The molecule has 2 N–H and O–H groups in total. The number of carbonyl (C=O) groups is 1. The van der Waals surface area contributed by atoms with Crippen LogP contribution < -0.4 is 5.32 Å². The predicted octanol–water partition coefficient (Wildman–Crippen LogP) is 3.07. The summed E-state index contributed by atoms with van der Waals surface area (Å²) < 4.78 is 1.01. The molecule has 3 nitrogen and oxygen atoms in total. The van der Waals surface area contributed by atoms with Gasteiger partial charge in [-0.15, -0.1) is 0 Å². The van der Waals surface area contributed by atoms with Gasteiger partial charge in [0.05, 0.1) is 0 Å². The Morgan fingerprint density at radius 3 is 2.73 bits per heavy atom. The van der Waals surface area contributed by atoms with Gasteiger partial charge in [0.1, 0.15) is 6.54 Å². The fourth-order valence-electron chi connectivity index (χ4n) is 1.34. The zero-order valence-corrected chi connectivity index (χ0v) is 10.3. The molecule has 0 atom stereocenters. The molecule has 1 aromatic carbocycles. The predicted molar refractivity (Wildman–Crippen MR) is 64.4 cm³/mol. The normalized spacial score (nSPS) is 10.4. The highest BCUT2D eigenvalue weighted by atomic mass is 79.9. The van der Waals surface area contributed by atoms with E-state index in [0.717, 1.165) is 15.7 Å². The number of nitrogens with one attached hydrogen (secondary N) is 1. The fraction of sp³-hybridized carbons (Fsp3) is 0.364. The molecule has 0 saturated carbocycles. The van der Waals surface area contributed by atoms with Gasteiger partial charge in [-0.2, -0.15) is 0 Å². The molecule has 15 heavy (non-hydrogen) atoms. The van der Waals surface area contributed by atoms with Crippen LogP contribution in [0, 0.1) is 0 Å². The van der Waals surface area contributed by atoms with Gasteiger partial charge in [0.25, 0.3) is 0 Å². The molecular weight excluding hydrogens is 258 g/mol. The summed E-state index contributed by atoms with van der Waals surface area (Å²) in [4.78, 5) is 10.4. The van der Waals surface area contributed by atoms with E-state index >= 15 is 0 Å². The molecule has 0 fully saturated rings. The molecule has 0 aromatic heterocycles. The number of aliphatic carboxylic acids is 1. The zero-order chi connectivity index (χ0) is 11.4. The lowest BCUT2D eigenvalue weighted by Gasteiger charge is -2.13. The van der Waals surface area contributed by atoms with E-state index in [9.17, 15) is 4.79 Å². The summed E-state index contributed by atoms with van der Waals surface area (Å²) in [5.74, 6) is -0.494. The van der Waals surface area contributed by atoms with Crippen LogP contribution in [0.4, 0.5) is 5.69 Å². The highest BCUT2D eigenvalue weighted by Gasteiger charge is 2.07. The number of halogens is 1. The summed E-state index contributed by atoms with van der Waals surface area (Å²) in [6.45, 7) is 4.10. The second-order valence-electron chi connectivity index (χ2n) is 3.63. The monoisotopic (exact) mass is 271 g/mol. The van der Waals surface area contributed by atoms with Gasteiger partial charge in [0, 0.05) is 10.2 Å². The van der Waals surface area contributed by atoms with Gasteiger partial charge < -0.3 is 10.4 Å². The van der Waals surface area contributed by atoms with Gasteiger partial charge >= 0.3 is 5.97 Å². The first-order valence-corrected chi connectivity index (χ1v) is 5.55. The molecule has 0 spiro atoms. The van der Waals surface area contributed by atoms with Crippen molar-refractivity contribution < 1.29 is 9.90 Å². The number of hydrogen-bond acceptors (Lipinski definition) is 2. The van der Waals surface area contributed by atoms with Gasteiger partial charge in [-0.1, -0.05) is 29.8 Å². The van der Waals surface area contributed by atoms with Crippen molar-refractivity contribution in [1.82, 2.24) is 0 Å². The summed E-state index contributed by atoms with van der Waals surface area (Å²) in [6.07, 6.45) is 0. The van der Waals surface area contributed by atoms with E-state index in [4.69, 9.17) is 5.11 Å². The SMILES string of the molecule is CC(C)c1cc(Br)ccc1NCC(=O)O. The highest BCUT2D eigenvalue weighted by Crippen LogP contribution is 2.27. The average Bonchev–Trinajstić information content (AvgIpc) is 2.15. The summed E-state index contributed by atoms with van der Waals surface area (Å²) in [6, 6.07) is 5.80. The van der Waals surface area contributed by atoms with Gasteiger partial charge in [0.15, 0.2) is 0 Å². The van der Waals surface area contributed by atoms with E-state index in [0.29, 0.717) is 5.92 Å². The summed E-state index contributed by atoms with van der Waals surface area (Å²) in [5.41, 5.74) is 2.00. The van der Waals surface area contributed by atoms with Gasteiger partial charge in [-0.05, 0) is 29.7 Å². The smallest absolute Gasteiger partial charge is 0.322 e. The third-order valence-electron chi connectivity index (χ3n) is 2.07. The number of rotatable bonds is 4. The van der Waals surface area contributed by atoms with Gasteiger partial charge in [0.2, 0.25) is 0 Å². The molecule has 82 valence electrons. The van der Waals surface area contributed by atoms with Gasteiger partial charge in [-0.25, -0.2) is 0 Å². The van der Waals surface area contributed by atoms with Crippen LogP contribution in [0.15, 0.2) is 22.7 Å². The Kier molecular flexibility index (Phi) is 4.15. The van der Waals surface area contributed by atoms with E-state index in [1.54, 1.807) is 0 Å². The Balaban J connectivity index is 2.90. The number of benzene rings is 1. The Labute approximate surface area is 97.6 Å². The lowest BCUT2D eigenvalue weighted by atomic mass is 10.0. The third-order valence-corrected chi connectivity index (χ3v) is 2.56. The molecule has 0 amide bonds. The zero-order valence-electron chi connectivity index (χ0n) is 8.75. The molecule has 0 aliphatic carbocycles. The van der Waals surface area contributed by atoms with Crippen LogP contribution in [-0.2, 0) is 4.79 Å². The molecule has 1 rings (SSSR count). The summed E-state index contributed by atoms with van der Waals surface area (Å²) in [5, 5.41) is 11.5. The second kappa shape index (κ2) is 5.16. The fourth-order valence-corrected chi connectivity index (χ4v) is 1.72. The Morgan fingerprint density at radius 2 is 2.20 bits per heavy atom. The molecule has 0 bridgehead atoms. The van der Waals surface area contributed by atoms with Gasteiger partial charge in [-0.3, -0.25) is 4.79 Å². The molecule has 0 unspecified atom stereocenters. The van der Waals surface area contributed by atoms with Crippen molar-refractivity contribution in [2.45, 2.75) is 19.8 Å². The van der Waals surface area contributed by atoms with Crippen LogP contribution in [-0.4, -0.2) is 17.6 Å². The Bertz CT molecular complexity index is 364. The van der Waals surface area contributed by atoms with E-state index in [-0.39, 0.29) is 6.54 Å². The first kappa shape index (κ1) is 12.0. The average molecular weight is 272 g/mol. The lowest BCUT2D eigenvalue weighted by Crippen LogP contribution is -2.13. The third kappa shape index (κ3) is 3.55. The van der Waals surface area contributed by atoms with Crippen molar-refractivity contribution in [1.29, 1.82) is 0 Å². The van der Waals surface area contributed by atoms with Crippen molar-refractivity contribution in [3.05, 3.63) is 28.2 Å². The highest BCUT2D eigenvalue weighted by molar-refractivity contribution is 9.10. The molecule has 0 aliphatic rings. The van der Waals surface area contributed by atoms with Crippen molar-refractivity contribution in [3.63, 3.8) is 0 Å². The summed E-state index contributed by atoms with van der Waals surface area (Å²) >= 11 is 3.40. The quantitative estimate of drug-likeness (QED) is 0.885. The van der Waals surface area contributed by atoms with E-state index < -0.39 is 5.97 Å². The second-order valence-corrected chi connectivity index (χ2v) is 4.55. The van der Waals surface area contributed by atoms with E-state index in [1.807, 2.05) is 18.2 Å². The largest absolute Gasteiger partial charge is 0.480 e. The van der Waals surface area contributed by atoms with E-state index in [1.165, 1.54) is 0 Å². The molecule has 0 heterocycles. The van der Waals surface area contributed by atoms with Crippen molar-refractivity contribution >= 4 is 27.6 Å². The number of hydrogen-bond donors (Lipinski definition) is 2. The Morgan fingerprint density at radius 1 is 1.53 bits per heavy atom. The van der Waals surface area contributed by atoms with Crippen LogP contribution in [0.5, 0.6) is 0 Å². The number of carboxylic acids is 1. The van der Waals surface area contributed by atoms with Crippen LogP contribution in [0.2, 0.25) is 0 Å². The molecule has 0 saturated heterocycles. The van der Waals surface area contributed by atoms with Crippen molar-refractivity contribution in [3.8, 4) is 0 Å². The molecule has 0 aliphatic heterocycles. The van der Waals surface area contributed by atoms with Crippen molar-refractivity contribution in [2.24, 2.45) is 0 Å². The maximum absolute atomic E-state index is 10.4. The van der Waals surface area contributed by atoms with Crippen LogP contribution in [0.1, 0.15) is 25.3 Å². The topological polar surface area (TPSA) is 49.3 Å². The number of carboxylic acid groups (broad SMARTS) is 1. The number of anilines is 1. The molecular formula is C11H14BrNO2. The minimum absolute atomic E-state index is 0.0542. The first-order chi connectivity index (χ1) is 7.00. The minimum atomic E-state index is -0.854. The minimum Gasteiger partial charge on any atom is -0.480 e. The summed E-state index contributed by atoms with van der Waals surface area (Å²) in [7, 11) is 0. The molecule has 0 radical (unpaired) electrons. The molecule has 1 aromatic rings. The van der Waals surface area contributed by atoms with Crippen LogP contribution >= 0.6 is 15.9 Å².